The van der Waals surface area contributed by atoms with E-state index in [0.717, 1.165) is 40.4 Å². The summed E-state index contributed by atoms with van der Waals surface area (Å²) in [5.74, 6) is 1.65. The molecule has 0 saturated carbocycles. The van der Waals surface area contributed by atoms with Gasteiger partial charge in [-0.2, -0.15) is 0 Å². The Labute approximate surface area is 178 Å². The molecule has 1 amide bonds. The molecule has 0 aliphatic carbocycles. The van der Waals surface area contributed by atoms with E-state index in [2.05, 4.69) is 31.0 Å². The first-order chi connectivity index (χ1) is 14.2. The molecule has 6 nitrogen and oxygen atoms in total. The van der Waals surface area contributed by atoms with Gasteiger partial charge in [-0.3, -0.25) is 4.79 Å². The smallest absolute Gasteiger partial charge is 0.254 e. The summed E-state index contributed by atoms with van der Waals surface area (Å²) < 4.78 is 6.32. The van der Waals surface area contributed by atoms with Crippen molar-refractivity contribution in [2.45, 2.75) is 0 Å². The highest BCUT2D eigenvalue weighted by Gasteiger charge is 2.23. The number of piperazine rings is 1. The van der Waals surface area contributed by atoms with Gasteiger partial charge in [-0.25, -0.2) is 0 Å². The number of aromatic nitrogens is 2. The van der Waals surface area contributed by atoms with Crippen LogP contribution in [0.25, 0.3) is 11.3 Å². The molecule has 0 atom stereocenters. The molecule has 0 unspecified atom stereocenters. The van der Waals surface area contributed by atoms with E-state index in [4.69, 9.17) is 4.74 Å². The van der Waals surface area contributed by atoms with Gasteiger partial charge in [0.15, 0.2) is 5.82 Å². The van der Waals surface area contributed by atoms with Gasteiger partial charge < -0.3 is 14.5 Å². The third kappa shape index (κ3) is 4.24. The highest BCUT2D eigenvalue weighted by atomic mass is 79.9. The van der Waals surface area contributed by atoms with Crippen molar-refractivity contribution in [2.24, 2.45) is 0 Å². The van der Waals surface area contributed by atoms with Crippen molar-refractivity contribution in [1.82, 2.24) is 15.1 Å². The normalized spacial score (nSPS) is 14.0. The largest absolute Gasteiger partial charge is 0.496 e. The van der Waals surface area contributed by atoms with Crippen LogP contribution in [0.3, 0.4) is 0 Å². The molecule has 0 bridgehead atoms. The first kappa shape index (κ1) is 19.4. The van der Waals surface area contributed by atoms with Crippen LogP contribution >= 0.6 is 15.9 Å². The van der Waals surface area contributed by atoms with Crippen molar-refractivity contribution < 1.29 is 9.53 Å². The minimum absolute atomic E-state index is 0.0588. The quantitative estimate of drug-likeness (QED) is 0.600. The van der Waals surface area contributed by atoms with Gasteiger partial charge in [0.05, 0.1) is 12.8 Å². The molecule has 0 spiro atoms. The van der Waals surface area contributed by atoms with Crippen LogP contribution in [0.5, 0.6) is 5.75 Å². The fourth-order valence-corrected chi connectivity index (χ4v) is 3.84. The standard InChI is InChI=1S/C22H21BrN4O2/c1-29-20-8-3-2-7-18(20)19-9-10-21(25-24-19)26-11-13-27(14-12-26)22(28)16-5-4-6-17(23)15-16/h2-10,15H,11-14H2,1H3. The number of halogens is 1. The molecule has 29 heavy (non-hydrogen) atoms. The fourth-order valence-electron chi connectivity index (χ4n) is 3.44. The number of carbonyl (C=O) groups is 1. The Morgan fingerprint density at radius 3 is 2.45 bits per heavy atom. The van der Waals surface area contributed by atoms with E-state index in [1.807, 2.05) is 65.6 Å². The molecular weight excluding hydrogens is 432 g/mol. The number of ether oxygens (including phenoxy) is 1. The number of carbonyl (C=O) groups excluding carboxylic acids is 1. The summed E-state index contributed by atoms with van der Waals surface area (Å²) in [6.07, 6.45) is 0. The van der Waals surface area contributed by atoms with Crippen LogP contribution < -0.4 is 9.64 Å². The number of hydrogen-bond donors (Lipinski definition) is 0. The molecule has 3 aromatic rings. The van der Waals surface area contributed by atoms with Crippen LogP contribution in [-0.4, -0.2) is 54.3 Å². The third-order valence-electron chi connectivity index (χ3n) is 5.00. The van der Waals surface area contributed by atoms with Crippen LogP contribution in [0.15, 0.2) is 65.1 Å². The second-order valence-electron chi connectivity index (χ2n) is 6.77. The van der Waals surface area contributed by atoms with Crippen LogP contribution in [0.2, 0.25) is 0 Å². The van der Waals surface area contributed by atoms with E-state index in [9.17, 15) is 4.79 Å². The highest BCUT2D eigenvalue weighted by Crippen LogP contribution is 2.28. The molecule has 1 aliphatic heterocycles. The summed E-state index contributed by atoms with van der Waals surface area (Å²) in [5, 5.41) is 8.79. The number of anilines is 1. The average Bonchev–Trinajstić information content (AvgIpc) is 2.79. The Morgan fingerprint density at radius 2 is 1.76 bits per heavy atom. The molecule has 1 saturated heterocycles. The van der Waals surface area contributed by atoms with Crippen LogP contribution in [-0.2, 0) is 0 Å². The molecule has 0 radical (unpaired) electrons. The zero-order valence-corrected chi connectivity index (χ0v) is 17.7. The van der Waals surface area contributed by atoms with E-state index < -0.39 is 0 Å². The Morgan fingerprint density at radius 1 is 0.966 bits per heavy atom. The van der Waals surface area contributed by atoms with Gasteiger partial charge in [0.2, 0.25) is 0 Å². The lowest BCUT2D eigenvalue weighted by atomic mass is 10.1. The van der Waals surface area contributed by atoms with Crippen molar-refractivity contribution in [2.75, 3.05) is 38.2 Å². The molecule has 7 heteroatoms. The first-order valence-electron chi connectivity index (χ1n) is 9.42. The van der Waals surface area contributed by atoms with E-state index in [0.29, 0.717) is 18.7 Å². The predicted molar refractivity (Wildman–Crippen MR) is 116 cm³/mol. The van der Waals surface area contributed by atoms with Gasteiger partial charge in [0.1, 0.15) is 5.75 Å². The van der Waals surface area contributed by atoms with E-state index >= 15 is 0 Å². The summed E-state index contributed by atoms with van der Waals surface area (Å²) in [5.41, 5.74) is 2.39. The first-order valence-corrected chi connectivity index (χ1v) is 10.2. The SMILES string of the molecule is COc1ccccc1-c1ccc(N2CCN(C(=O)c3cccc(Br)c3)CC2)nn1. The van der Waals surface area contributed by atoms with Gasteiger partial charge in [0.25, 0.3) is 5.91 Å². The molecule has 2 heterocycles. The Hall–Kier alpha value is -2.93. The number of para-hydroxylation sites is 1. The number of rotatable bonds is 4. The second-order valence-corrected chi connectivity index (χ2v) is 7.68. The summed E-state index contributed by atoms with van der Waals surface area (Å²) in [6.45, 7) is 2.76. The van der Waals surface area contributed by atoms with Crippen molar-refractivity contribution in [3.63, 3.8) is 0 Å². The highest BCUT2D eigenvalue weighted by molar-refractivity contribution is 9.10. The summed E-state index contributed by atoms with van der Waals surface area (Å²) >= 11 is 3.42. The summed E-state index contributed by atoms with van der Waals surface area (Å²) in [6, 6.07) is 19.2. The van der Waals surface area contributed by atoms with E-state index in [1.54, 1.807) is 7.11 Å². The summed E-state index contributed by atoms with van der Waals surface area (Å²) in [4.78, 5) is 16.7. The number of benzene rings is 2. The fraction of sp³-hybridized carbons (Fsp3) is 0.227. The third-order valence-corrected chi connectivity index (χ3v) is 5.49. The average molecular weight is 453 g/mol. The molecule has 1 aromatic heterocycles. The van der Waals surface area contributed by atoms with E-state index in [1.165, 1.54) is 0 Å². The van der Waals surface area contributed by atoms with Crippen molar-refractivity contribution in [3.8, 4) is 17.0 Å². The monoisotopic (exact) mass is 452 g/mol. The van der Waals surface area contributed by atoms with Gasteiger partial charge in [-0.15, -0.1) is 10.2 Å². The predicted octanol–water partition coefficient (Wildman–Crippen LogP) is 3.88. The number of hydrogen-bond acceptors (Lipinski definition) is 5. The van der Waals surface area contributed by atoms with Gasteiger partial charge in [-0.05, 0) is 42.5 Å². The van der Waals surface area contributed by atoms with Gasteiger partial charge >= 0.3 is 0 Å². The lowest BCUT2D eigenvalue weighted by molar-refractivity contribution is 0.0746. The maximum absolute atomic E-state index is 12.7. The van der Waals surface area contributed by atoms with E-state index in [-0.39, 0.29) is 5.91 Å². The molecular formula is C22H21BrN4O2. The minimum Gasteiger partial charge on any atom is -0.496 e. The lowest BCUT2D eigenvalue weighted by Crippen LogP contribution is -2.49. The molecule has 2 aromatic carbocycles. The number of amides is 1. The van der Waals surface area contributed by atoms with Gasteiger partial charge in [-0.1, -0.05) is 34.1 Å². The molecule has 4 rings (SSSR count). The molecule has 148 valence electrons. The maximum Gasteiger partial charge on any atom is 0.254 e. The van der Waals surface area contributed by atoms with Crippen LogP contribution in [0.4, 0.5) is 5.82 Å². The Bertz CT molecular complexity index is 1000. The van der Waals surface area contributed by atoms with Gasteiger partial charge in [0, 0.05) is 41.8 Å². The van der Waals surface area contributed by atoms with Crippen molar-refractivity contribution in [3.05, 3.63) is 70.7 Å². The van der Waals surface area contributed by atoms with Crippen LogP contribution in [0.1, 0.15) is 10.4 Å². The summed E-state index contributed by atoms with van der Waals surface area (Å²) in [7, 11) is 1.65. The van der Waals surface area contributed by atoms with Crippen molar-refractivity contribution in [1.29, 1.82) is 0 Å². The van der Waals surface area contributed by atoms with Crippen LogP contribution in [0, 0.1) is 0 Å². The molecule has 0 N–H and O–H groups in total. The molecule has 1 aliphatic rings. The Balaban J connectivity index is 1.42. The maximum atomic E-state index is 12.7. The lowest BCUT2D eigenvalue weighted by Gasteiger charge is -2.35. The van der Waals surface area contributed by atoms with Crippen molar-refractivity contribution >= 4 is 27.7 Å². The minimum atomic E-state index is 0.0588. The number of nitrogens with zero attached hydrogens (tertiary/aromatic N) is 4. The topological polar surface area (TPSA) is 58.6 Å². The Kier molecular flexibility index (Phi) is 5.76. The zero-order valence-electron chi connectivity index (χ0n) is 16.1. The second kappa shape index (κ2) is 8.61. The number of methoxy groups -OCH3 is 1. The zero-order chi connectivity index (χ0) is 20.2. The molecule has 1 fully saturated rings.